The van der Waals surface area contributed by atoms with E-state index in [4.69, 9.17) is 174 Å². The van der Waals surface area contributed by atoms with Gasteiger partial charge in [0.15, 0.2) is 13.0 Å². The Morgan fingerprint density at radius 2 is 0.844 bits per heavy atom. The van der Waals surface area contributed by atoms with Gasteiger partial charge in [-0.15, -0.1) is 0 Å². The highest BCUT2D eigenvalue weighted by molar-refractivity contribution is 6.77. The predicted molar refractivity (Wildman–Crippen MR) is 146 cm³/mol. The molecule has 0 aliphatic heterocycles. The maximum absolute atomic E-state index is 13.3. The van der Waals surface area contributed by atoms with Crippen LogP contribution in [0.1, 0.15) is 42.2 Å². The molecule has 0 saturated carbocycles. The summed E-state index contributed by atoms with van der Waals surface area (Å²) in [5, 5.41) is 13.3. The van der Waals surface area contributed by atoms with Crippen molar-refractivity contribution >= 4 is 174 Å². The van der Waals surface area contributed by atoms with Gasteiger partial charge in [-0.1, -0.05) is 188 Å². The quantitative estimate of drug-likeness (QED) is 0.267. The van der Waals surface area contributed by atoms with Crippen LogP contribution in [0.4, 0.5) is 0 Å². The van der Waals surface area contributed by atoms with Crippen molar-refractivity contribution < 1.29 is 5.11 Å². The summed E-state index contributed by atoms with van der Waals surface area (Å²) in [4.78, 5) is 0. The average Bonchev–Trinajstić information content (AvgIpc) is 2.56. The molecule has 1 aromatic carbocycles. The Labute approximate surface area is 260 Å². The van der Waals surface area contributed by atoms with Gasteiger partial charge in [0.1, 0.15) is 6.10 Å². The first-order valence-corrected chi connectivity index (χ1v) is 13.7. The first-order chi connectivity index (χ1) is 13.8. The topological polar surface area (TPSA) is 19.9 Å². The fourth-order valence-corrected chi connectivity index (χ4v) is 4.24. The number of benzene rings is 1. The van der Waals surface area contributed by atoms with E-state index < -0.39 is 36.4 Å². The van der Waals surface area contributed by atoms with Crippen molar-refractivity contribution in [1.82, 2.24) is 0 Å². The summed E-state index contributed by atoms with van der Waals surface area (Å²) in [7, 11) is 0. The van der Waals surface area contributed by atoms with Crippen LogP contribution < -0.4 is 0 Å². The highest BCUT2D eigenvalue weighted by atomic mass is 35.6. The molecule has 0 aliphatic carbocycles. The molecule has 32 heavy (non-hydrogen) atoms. The van der Waals surface area contributed by atoms with Gasteiger partial charge in [-0.25, -0.2) is 5.11 Å². The number of hydrogen-bond acceptors (Lipinski definition) is 0. The minimum atomic E-state index is -2.40. The predicted octanol–water partition coefficient (Wildman–Crippen LogP) is 11.8. The van der Waals surface area contributed by atoms with Gasteiger partial charge in [0.2, 0.25) is 11.4 Å². The summed E-state index contributed by atoms with van der Waals surface area (Å²) in [6.07, 6.45) is -1.62. The Kier molecular flexibility index (Phi) is 11.5. The average molecular weight is 750 g/mol. The van der Waals surface area contributed by atoms with E-state index >= 15 is 0 Å². The van der Waals surface area contributed by atoms with Crippen molar-refractivity contribution in [3.8, 4) is 0 Å². The molecule has 0 bridgehead atoms. The number of halogens is 15. The first-order valence-electron chi connectivity index (χ1n) is 8.00. The van der Waals surface area contributed by atoms with E-state index in [1.165, 1.54) is 0 Å². The second-order valence-corrected chi connectivity index (χ2v) is 17.7. The van der Waals surface area contributed by atoms with Gasteiger partial charge in [0.25, 0.3) is 0 Å². The summed E-state index contributed by atoms with van der Waals surface area (Å²) in [5.41, 5.74) is -1.04. The molecule has 0 saturated heterocycles. The molecule has 1 atom stereocenters. The molecule has 1 aromatic rings. The Balaban J connectivity index is 4.37. The third-order valence-electron chi connectivity index (χ3n) is 4.18. The van der Waals surface area contributed by atoms with Crippen LogP contribution in [0, 0.1) is 5.92 Å². The third kappa shape index (κ3) is 6.74. The van der Waals surface area contributed by atoms with Gasteiger partial charge in [0, 0.05) is 0 Å². The largest absolute Gasteiger partial charge is 0.228 e. The van der Waals surface area contributed by atoms with Crippen LogP contribution in [0.2, 0.25) is 0 Å². The zero-order chi connectivity index (χ0) is 25.9. The smallest absolute Gasteiger partial charge is 0.227 e. The number of rotatable bonds is 5. The van der Waals surface area contributed by atoms with E-state index in [9.17, 15) is 5.11 Å². The molecule has 1 nitrogen and oxygen atoms in total. The van der Waals surface area contributed by atoms with Crippen molar-refractivity contribution in [3.63, 3.8) is 0 Å². The highest BCUT2D eigenvalue weighted by Gasteiger charge is 2.56. The Bertz CT molecular complexity index is 782. The minimum absolute atomic E-state index is 0.203. The molecular weight excluding hydrogens is 740 g/mol. The molecule has 0 spiro atoms. The van der Waals surface area contributed by atoms with Gasteiger partial charge < -0.3 is 0 Å². The maximum atomic E-state index is 13.3. The minimum Gasteiger partial charge on any atom is -0.228 e. The van der Waals surface area contributed by atoms with Crippen molar-refractivity contribution in [2.24, 2.45) is 5.92 Å². The molecule has 0 fully saturated rings. The van der Waals surface area contributed by atoms with Crippen LogP contribution in [0.15, 0.2) is 12.1 Å². The van der Waals surface area contributed by atoms with Crippen molar-refractivity contribution in [2.75, 3.05) is 0 Å². The van der Waals surface area contributed by atoms with Crippen LogP contribution in [0.25, 0.3) is 0 Å². The molecular formula is C16H10Cl15O. The Morgan fingerprint density at radius 1 is 0.562 bits per heavy atom. The van der Waals surface area contributed by atoms with Gasteiger partial charge >= 0.3 is 0 Å². The number of alkyl halides is 15. The monoisotopic (exact) mass is 743 g/mol. The van der Waals surface area contributed by atoms with Crippen LogP contribution in [-0.2, 0) is 18.1 Å². The van der Waals surface area contributed by atoms with Gasteiger partial charge in [0.05, 0.1) is 0 Å². The van der Waals surface area contributed by atoms with Crippen molar-refractivity contribution in [1.29, 1.82) is 0 Å². The van der Waals surface area contributed by atoms with Gasteiger partial charge in [-0.3, -0.25) is 0 Å². The normalized spacial score (nSPS) is 16.0. The second-order valence-electron chi connectivity index (χ2n) is 6.87. The van der Waals surface area contributed by atoms with Crippen LogP contribution in [0.3, 0.4) is 0 Å². The van der Waals surface area contributed by atoms with E-state index in [2.05, 4.69) is 0 Å². The summed E-state index contributed by atoms with van der Waals surface area (Å²) < 4.78 is -14.2. The molecule has 0 heterocycles. The van der Waals surface area contributed by atoms with Crippen LogP contribution in [-0.4, -0.2) is 11.4 Å². The first kappa shape index (κ1) is 33.6. The van der Waals surface area contributed by atoms with E-state index in [1.54, 1.807) is 13.8 Å². The molecule has 1 unspecified atom stereocenters. The summed E-state index contributed by atoms with van der Waals surface area (Å²) in [5.74, 6) is -0.595. The third-order valence-corrected chi connectivity index (χ3v) is 11.4. The van der Waals surface area contributed by atoms with E-state index in [0.717, 1.165) is 12.1 Å². The summed E-state index contributed by atoms with van der Waals surface area (Å²) >= 11 is 92.2. The lowest BCUT2D eigenvalue weighted by molar-refractivity contribution is 0.0469. The summed E-state index contributed by atoms with van der Waals surface area (Å²) in [6, 6.07) is 2.25. The molecule has 1 rings (SSSR count). The van der Waals surface area contributed by atoms with E-state index in [0.29, 0.717) is 0 Å². The van der Waals surface area contributed by atoms with E-state index in [1.807, 2.05) is 0 Å². The second kappa shape index (κ2) is 11.0. The molecule has 0 N–H and O–H groups in total. The zero-order valence-electron chi connectivity index (χ0n) is 15.4. The zero-order valence-corrected chi connectivity index (χ0v) is 26.7. The molecule has 1 radical (unpaired) electrons. The molecule has 0 aliphatic rings. The van der Waals surface area contributed by atoms with Crippen molar-refractivity contribution in [2.45, 2.75) is 44.3 Å². The SMILES string of the molecule is CC(C)C([O])c1c(C(Cl)(Cl)C(Cl)(Cl)Cl)cc(C(Cl)(Cl)C(Cl)(Cl)Cl)cc1C(Cl)(Cl)C(Cl)(Cl)Cl. The fraction of sp³-hybridized carbons (Fsp3) is 0.625. The van der Waals surface area contributed by atoms with E-state index in [-0.39, 0.29) is 22.3 Å². The lowest BCUT2D eigenvalue weighted by Gasteiger charge is -2.38. The lowest BCUT2D eigenvalue weighted by Crippen LogP contribution is -2.37. The fourth-order valence-electron chi connectivity index (χ4n) is 2.46. The lowest BCUT2D eigenvalue weighted by atomic mass is 9.85. The maximum Gasteiger partial charge on any atom is 0.227 e. The van der Waals surface area contributed by atoms with Gasteiger partial charge in [-0.05, 0) is 40.3 Å². The summed E-state index contributed by atoms with van der Waals surface area (Å²) in [6.45, 7) is 3.18. The Morgan fingerprint density at radius 3 is 1.06 bits per heavy atom. The molecule has 185 valence electrons. The van der Waals surface area contributed by atoms with Crippen molar-refractivity contribution in [3.05, 3.63) is 34.4 Å². The number of hydrogen-bond donors (Lipinski definition) is 0. The van der Waals surface area contributed by atoms with Crippen LogP contribution in [0.5, 0.6) is 0 Å². The van der Waals surface area contributed by atoms with Crippen LogP contribution >= 0.6 is 174 Å². The Hall–Kier alpha value is 3.53. The standard InChI is InChI=1S/C16H10Cl15O/c1-5(2)10(32)9-7(12(19,20)15(26,27)28)3-6(11(17,18)14(23,24)25)4-8(9)13(21,22)16(29,30)31/h3-5,10H,1-2H3. The highest BCUT2D eigenvalue weighted by Crippen LogP contribution is 2.62. The molecule has 16 heteroatoms. The molecule has 0 aromatic heterocycles. The molecule has 0 amide bonds. The van der Waals surface area contributed by atoms with Gasteiger partial charge in [-0.2, -0.15) is 0 Å².